The Morgan fingerprint density at radius 1 is 0.857 bits per heavy atom. The Morgan fingerprint density at radius 2 is 1.38 bits per heavy atom. The molecule has 2 rings (SSSR count). The molecule has 6 nitrogen and oxygen atoms in total. The highest BCUT2D eigenvalue weighted by Crippen LogP contribution is 2.22. The van der Waals surface area contributed by atoms with Crippen molar-refractivity contribution in [3.8, 4) is 0 Å². The Kier molecular flexibility index (Phi) is 5.86. The topological polar surface area (TPSA) is 65.1 Å². The van der Waals surface area contributed by atoms with Crippen LogP contribution in [0.25, 0.3) is 0 Å². The van der Waals surface area contributed by atoms with E-state index < -0.39 is 11.8 Å². The minimum atomic E-state index is -0.429. The summed E-state index contributed by atoms with van der Waals surface area (Å²) >= 11 is 0. The van der Waals surface area contributed by atoms with Crippen LogP contribution in [0.3, 0.4) is 0 Å². The maximum atomic E-state index is 12.0. The largest absolute Gasteiger partial charge is 0.379 e. The van der Waals surface area contributed by atoms with Gasteiger partial charge >= 0.3 is 0 Å². The van der Waals surface area contributed by atoms with Crippen LogP contribution in [0.15, 0.2) is 24.3 Å². The molecule has 1 aliphatic heterocycles. The number of hydrogen-bond donors (Lipinski definition) is 0. The number of rotatable bonds is 9. The molecule has 0 saturated heterocycles. The van der Waals surface area contributed by atoms with Gasteiger partial charge in [-0.15, -0.1) is 5.06 Å². The van der Waals surface area contributed by atoms with Crippen LogP contribution in [0.5, 0.6) is 0 Å². The average Bonchev–Trinajstić information content (AvgIpc) is 2.75. The fraction of sp³-hybridized carbons (Fsp3) is 0.467. The van der Waals surface area contributed by atoms with E-state index >= 15 is 0 Å². The summed E-state index contributed by atoms with van der Waals surface area (Å²) in [6.45, 7) is 4.18. The summed E-state index contributed by atoms with van der Waals surface area (Å²) in [7, 11) is 0. The number of carbonyl (C=O) groups excluding carboxylic acids is 2. The Bertz CT molecular complexity index is 468. The maximum absolute atomic E-state index is 12.0. The quantitative estimate of drug-likeness (QED) is 0.512. The molecular weight excluding hydrogens is 274 g/mol. The van der Waals surface area contributed by atoms with Crippen LogP contribution in [0.1, 0.15) is 34.1 Å². The van der Waals surface area contributed by atoms with E-state index in [0.29, 0.717) is 30.9 Å². The minimum absolute atomic E-state index is 0.138. The third-order valence-electron chi connectivity index (χ3n) is 2.93. The van der Waals surface area contributed by atoms with E-state index in [-0.39, 0.29) is 6.61 Å². The number of ether oxygens (including phenoxy) is 2. The van der Waals surface area contributed by atoms with Gasteiger partial charge in [0.05, 0.1) is 37.6 Å². The van der Waals surface area contributed by atoms with Crippen LogP contribution in [-0.2, 0) is 14.3 Å². The van der Waals surface area contributed by atoms with Gasteiger partial charge in [-0.3, -0.25) is 14.4 Å². The first-order chi connectivity index (χ1) is 10.3. The molecule has 1 aromatic rings. The molecule has 1 heterocycles. The molecule has 0 aliphatic carbocycles. The first kappa shape index (κ1) is 15.6. The summed E-state index contributed by atoms with van der Waals surface area (Å²) < 4.78 is 10.5. The van der Waals surface area contributed by atoms with Crippen molar-refractivity contribution in [1.82, 2.24) is 5.06 Å². The van der Waals surface area contributed by atoms with Gasteiger partial charge in [-0.25, -0.2) is 0 Å². The number of carbonyl (C=O) groups is 2. The Morgan fingerprint density at radius 3 is 1.95 bits per heavy atom. The highest BCUT2D eigenvalue weighted by Gasteiger charge is 2.36. The molecule has 0 radical (unpaired) electrons. The van der Waals surface area contributed by atoms with Gasteiger partial charge in [0, 0.05) is 6.61 Å². The zero-order valence-corrected chi connectivity index (χ0v) is 12.0. The van der Waals surface area contributed by atoms with Gasteiger partial charge in [0.2, 0.25) is 0 Å². The molecule has 0 bridgehead atoms. The molecular formula is C15H19NO5. The van der Waals surface area contributed by atoms with Crippen molar-refractivity contribution in [3.05, 3.63) is 35.4 Å². The van der Waals surface area contributed by atoms with Crippen molar-refractivity contribution in [2.24, 2.45) is 0 Å². The number of benzene rings is 1. The number of hydroxylamine groups is 2. The third kappa shape index (κ3) is 3.87. The van der Waals surface area contributed by atoms with Gasteiger partial charge in [0.25, 0.3) is 11.8 Å². The summed E-state index contributed by atoms with van der Waals surface area (Å²) in [5.74, 6) is -0.858. The Hall–Kier alpha value is -1.76. The lowest BCUT2D eigenvalue weighted by molar-refractivity contribution is -0.108. The number of nitrogens with zero attached hydrogens (tertiary/aromatic N) is 1. The average molecular weight is 293 g/mol. The van der Waals surface area contributed by atoms with Gasteiger partial charge < -0.3 is 9.47 Å². The lowest BCUT2D eigenvalue weighted by atomic mass is 10.1. The predicted octanol–water partition coefficient (Wildman–Crippen LogP) is 1.66. The molecule has 0 aromatic heterocycles. The SMILES string of the molecule is CCCOCCOCCON1C(=O)c2ccccc2C1=O. The molecule has 0 N–H and O–H groups in total. The van der Waals surface area contributed by atoms with Crippen molar-refractivity contribution in [2.75, 3.05) is 33.0 Å². The third-order valence-corrected chi connectivity index (χ3v) is 2.93. The molecule has 0 saturated carbocycles. The normalized spacial score (nSPS) is 13.9. The van der Waals surface area contributed by atoms with E-state index in [1.165, 1.54) is 0 Å². The summed E-state index contributed by atoms with van der Waals surface area (Å²) in [6.07, 6.45) is 0.975. The number of imide groups is 1. The highest BCUT2D eigenvalue weighted by atomic mass is 16.7. The van der Waals surface area contributed by atoms with Gasteiger partial charge in [0.1, 0.15) is 0 Å². The van der Waals surface area contributed by atoms with Gasteiger partial charge in [-0.1, -0.05) is 19.1 Å². The van der Waals surface area contributed by atoms with Crippen molar-refractivity contribution in [2.45, 2.75) is 13.3 Å². The molecule has 114 valence electrons. The molecule has 0 atom stereocenters. The second-order valence-electron chi connectivity index (χ2n) is 4.51. The van der Waals surface area contributed by atoms with E-state index in [4.69, 9.17) is 14.3 Å². The first-order valence-corrected chi connectivity index (χ1v) is 7.02. The van der Waals surface area contributed by atoms with Gasteiger partial charge in [-0.2, -0.15) is 0 Å². The van der Waals surface area contributed by atoms with Crippen LogP contribution in [0, 0.1) is 0 Å². The molecule has 6 heteroatoms. The van der Waals surface area contributed by atoms with Crippen molar-refractivity contribution in [1.29, 1.82) is 0 Å². The summed E-state index contributed by atoms with van der Waals surface area (Å²) in [4.78, 5) is 29.1. The minimum Gasteiger partial charge on any atom is -0.379 e. The summed E-state index contributed by atoms with van der Waals surface area (Å²) in [5.41, 5.74) is 0.743. The fourth-order valence-electron chi connectivity index (χ4n) is 1.94. The Balaban J connectivity index is 1.69. The molecule has 1 aromatic carbocycles. The van der Waals surface area contributed by atoms with Gasteiger partial charge in [-0.05, 0) is 18.6 Å². The molecule has 0 spiro atoms. The second kappa shape index (κ2) is 7.87. The van der Waals surface area contributed by atoms with Crippen LogP contribution in [-0.4, -0.2) is 49.9 Å². The van der Waals surface area contributed by atoms with Crippen molar-refractivity contribution >= 4 is 11.8 Å². The lowest BCUT2D eigenvalue weighted by Gasteiger charge is -2.13. The van der Waals surface area contributed by atoms with Gasteiger partial charge in [0.15, 0.2) is 0 Å². The zero-order chi connectivity index (χ0) is 15.1. The molecule has 0 fully saturated rings. The summed E-state index contributed by atoms with van der Waals surface area (Å²) in [6, 6.07) is 6.65. The smallest absolute Gasteiger partial charge is 0.285 e. The van der Waals surface area contributed by atoms with Crippen LogP contribution in [0.4, 0.5) is 0 Å². The van der Waals surface area contributed by atoms with E-state index in [0.717, 1.165) is 18.1 Å². The highest BCUT2D eigenvalue weighted by molar-refractivity contribution is 6.20. The maximum Gasteiger partial charge on any atom is 0.285 e. The molecule has 21 heavy (non-hydrogen) atoms. The molecule has 0 unspecified atom stereocenters. The Labute approximate surface area is 123 Å². The van der Waals surface area contributed by atoms with E-state index in [1.807, 2.05) is 6.92 Å². The number of hydrogen-bond acceptors (Lipinski definition) is 5. The monoisotopic (exact) mass is 293 g/mol. The lowest BCUT2D eigenvalue weighted by Crippen LogP contribution is -2.31. The van der Waals surface area contributed by atoms with Crippen molar-refractivity contribution < 1.29 is 23.9 Å². The van der Waals surface area contributed by atoms with E-state index in [9.17, 15) is 9.59 Å². The molecule has 2 amide bonds. The van der Waals surface area contributed by atoms with Crippen LogP contribution < -0.4 is 0 Å². The van der Waals surface area contributed by atoms with Crippen LogP contribution in [0.2, 0.25) is 0 Å². The number of fused-ring (bicyclic) bond motifs is 1. The van der Waals surface area contributed by atoms with Crippen molar-refractivity contribution in [3.63, 3.8) is 0 Å². The van der Waals surface area contributed by atoms with E-state index in [2.05, 4.69) is 0 Å². The summed E-state index contributed by atoms with van der Waals surface area (Å²) in [5, 5.41) is 0.793. The first-order valence-electron chi connectivity index (χ1n) is 7.02. The predicted molar refractivity (Wildman–Crippen MR) is 74.8 cm³/mol. The van der Waals surface area contributed by atoms with Crippen LogP contribution >= 0.6 is 0 Å². The zero-order valence-electron chi connectivity index (χ0n) is 12.0. The number of amides is 2. The molecule has 1 aliphatic rings. The standard InChI is InChI=1S/C15H19NO5/c1-2-7-19-8-9-20-10-11-21-16-14(17)12-5-3-4-6-13(12)15(16)18/h3-6H,2,7-11H2,1H3. The second-order valence-corrected chi connectivity index (χ2v) is 4.51. The fourth-order valence-corrected chi connectivity index (χ4v) is 1.94. The van der Waals surface area contributed by atoms with E-state index in [1.54, 1.807) is 24.3 Å².